The van der Waals surface area contributed by atoms with Crippen LogP contribution in [-0.4, -0.2) is 40.5 Å². The van der Waals surface area contributed by atoms with Crippen molar-refractivity contribution in [2.45, 2.75) is 11.4 Å². The molecule has 11 heteroatoms. The minimum absolute atomic E-state index is 0.144. The van der Waals surface area contributed by atoms with Gasteiger partial charge in [-0.2, -0.15) is 4.39 Å². The maximum absolute atomic E-state index is 14.2. The Bertz CT molecular complexity index is 1190. The molecule has 0 aliphatic rings. The summed E-state index contributed by atoms with van der Waals surface area (Å²) < 4.78 is 67.8. The molecule has 2 heterocycles. The van der Waals surface area contributed by atoms with Crippen LogP contribution in [0.2, 0.25) is 0 Å². The second-order valence-electron chi connectivity index (χ2n) is 6.09. The Kier molecular flexibility index (Phi) is 5.33. The molecule has 0 fully saturated rings. The van der Waals surface area contributed by atoms with E-state index in [1.807, 2.05) is 0 Å². The van der Waals surface area contributed by atoms with Crippen LogP contribution in [0.3, 0.4) is 0 Å². The smallest absolute Gasteiger partial charge is 0.407 e. The van der Waals surface area contributed by atoms with Crippen LogP contribution < -0.4 is 0 Å². The van der Waals surface area contributed by atoms with Crippen LogP contribution in [0.15, 0.2) is 53.7 Å². The first kappa shape index (κ1) is 20.4. The first-order valence-corrected chi connectivity index (χ1v) is 9.52. The average Bonchev–Trinajstić information content (AvgIpc) is 3.08. The van der Waals surface area contributed by atoms with E-state index in [-0.39, 0.29) is 23.4 Å². The molecule has 0 aliphatic heterocycles. The molecule has 152 valence electrons. The predicted octanol–water partition coefficient (Wildman–Crippen LogP) is 3.31. The van der Waals surface area contributed by atoms with Crippen molar-refractivity contribution >= 4 is 16.1 Å². The SMILES string of the molecule is CN(Cc1cc(-c2cccnc2F)n(S(=O)(=O)c2ccc(F)c(F)c2)c1)C(=O)O. The van der Waals surface area contributed by atoms with Gasteiger partial charge in [0.2, 0.25) is 5.95 Å². The normalized spacial score (nSPS) is 11.4. The van der Waals surface area contributed by atoms with E-state index in [1.54, 1.807) is 0 Å². The molecule has 0 bridgehead atoms. The van der Waals surface area contributed by atoms with Gasteiger partial charge < -0.3 is 10.0 Å². The average molecular weight is 425 g/mol. The van der Waals surface area contributed by atoms with E-state index in [9.17, 15) is 26.4 Å². The van der Waals surface area contributed by atoms with Crippen molar-refractivity contribution in [2.75, 3.05) is 7.05 Å². The van der Waals surface area contributed by atoms with Crippen molar-refractivity contribution in [2.24, 2.45) is 0 Å². The number of carbonyl (C=O) groups is 1. The molecule has 0 saturated carbocycles. The number of halogens is 3. The maximum Gasteiger partial charge on any atom is 0.407 e. The van der Waals surface area contributed by atoms with Crippen molar-refractivity contribution in [3.63, 3.8) is 0 Å². The summed E-state index contributed by atoms with van der Waals surface area (Å²) in [6.45, 7) is -0.190. The lowest BCUT2D eigenvalue weighted by atomic mass is 10.2. The van der Waals surface area contributed by atoms with Gasteiger partial charge in [0.05, 0.1) is 22.7 Å². The Hall–Kier alpha value is -3.34. The van der Waals surface area contributed by atoms with Gasteiger partial charge in [-0.15, -0.1) is 0 Å². The van der Waals surface area contributed by atoms with E-state index in [4.69, 9.17) is 5.11 Å². The number of benzene rings is 1. The van der Waals surface area contributed by atoms with Gasteiger partial charge in [0.25, 0.3) is 10.0 Å². The van der Waals surface area contributed by atoms with Crippen molar-refractivity contribution < 1.29 is 31.5 Å². The van der Waals surface area contributed by atoms with Gasteiger partial charge in [0.1, 0.15) is 0 Å². The number of nitrogens with zero attached hydrogens (tertiary/aromatic N) is 3. The number of aromatic nitrogens is 2. The van der Waals surface area contributed by atoms with Crippen LogP contribution in [-0.2, 0) is 16.6 Å². The Morgan fingerprint density at radius 1 is 1.17 bits per heavy atom. The summed E-state index contributed by atoms with van der Waals surface area (Å²) in [4.78, 5) is 14.9. The lowest BCUT2D eigenvalue weighted by molar-refractivity contribution is 0.154. The number of hydrogen-bond donors (Lipinski definition) is 1. The van der Waals surface area contributed by atoms with Crippen LogP contribution in [0.5, 0.6) is 0 Å². The van der Waals surface area contributed by atoms with Gasteiger partial charge in [-0.05, 0) is 42.0 Å². The maximum atomic E-state index is 14.2. The van der Waals surface area contributed by atoms with Crippen LogP contribution in [0.1, 0.15) is 5.56 Å². The Labute approximate surface area is 163 Å². The summed E-state index contributed by atoms with van der Waals surface area (Å²) in [5.41, 5.74) is -0.0729. The molecular formula is C18H14F3N3O4S. The number of pyridine rings is 1. The summed E-state index contributed by atoms with van der Waals surface area (Å²) in [5, 5.41) is 9.03. The molecule has 0 aliphatic carbocycles. The topological polar surface area (TPSA) is 92.5 Å². The molecule has 0 spiro atoms. The van der Waals surface area contributed by atoms with Crippen LogP contribution in [0.25, 0.3) is 11.3 Å². The Morgan fingerprint density at radius 2 is 1.90 bits per heavy atom. The zero-order valence-electron chi connectivity index (χ0n) is 14.9. The van der Waals surface area contributed by atoms with Gasteiger partial charge in [-0.1, -0.05) is 0 Å². The molecule has 3 rings (SSSR count). The summed E-state index contributed by atoms with van der Waals surface area (Å²) in [7, 11) is -3.19. The number of rotatable bonds is 5. The fourth-order valence-corrected chi connectivity index (χ4v) is 4.05. The van der Waals surface area contributed by atoms with Gasteiger partial charge in [-0.25, -0.2) is 30.9 Å². The highest BCUT2D eigenvalue weighted by molar-refractivity contribution is 7.90. The van der Waals surface area contributed by atoms with Crippen LogP contribution in [0.4, 0.5) is 18.0 Å². The van der Waals surface area contributed by atoms with Crippen LogP contribution >= 0.6 is 0 Å². The van der Waals surface area contributed by atoms with E-state index in [1.165, 1.54) is 31.4 Å². The fourth-order valence-electron chi connectivity index (χ4n) is 2.65. The molecule has 7 nitrogen and oxygen atoms in total. The molecule has 0 saturated heterocycles. The standard InChI is InChI=1S/C18H14F3N3O4S/c1-23(18(25)26)9-11-7-16(13-3-2-6-22-17(13)21)24(10-11)29(27,28)12-4-5-14(19)15(20)8-12/h2-8,10H,9H2,1H3,(H,25,26). The second kappa shape index (κ2) is 7.59. The number of amides is 1. The van der Waals surface area contributed by atoms with Crippen molar-refractivity contribution in [3.05, 3.63) is 71.9 Å². The van der Waals surface area contributed by atoms with Gasteiger partial charge >= 0.3 is 6.09 Å². The highest BCUT2D eigenvalue weighted by Crippen LogP contribution is 2.29. The molecule has 0 radical (unpaired) electrons. The number of carboxylic acid groups (broad SMARTS) is 1. The third kappa shape index (κ3) is 3.94. The minimum Gasteiger partial charge on any atom is -0.465 e. The molecule has 1 N–H and O–H groups in total. The highest BCUT2D eigenvalue weighted by atomic mass is 32.2. The lowest BCUT2D eigenvalue weighted by Gasteiger charge is -2.11. The molecule has 0 unspecified atom stereocenters. The molecule has 0 atom stereocenters. The zero-order valence-corrected chi connectivity index (χ0v) is 15.7. The predicted molar refractivity (Wildman–Crippen MR) is 96.1 cm³/mol. The lowest BCUT2D eigenvalue weighted by Crippen LogP contribution is -2.23. The van der Waals surface area contributed by atoms with E-state index < -0.39 is 38.6 Å². The zero-order chi connectivity index (χ0) is 21.3. The van der Waals surface area contributed by atoms with Gasteiger partial charge in [0.15, 0.2) is 11.6 Å². The second-order valence-corrected chi connectivity index (χ2v) is 7.91. The molecule has 1 amide bonds. The van der Waals surface area contributed by atoms with Gasteiger partial charge in [-0.3, -0.25) is 0 Å². The van der Waals surface area contributed by atoms with Gasteiger partial charge in [0, 0.05) is 19.4 Å². The summed E-state index contributed by atoms with van der Waals surface area (Å²) in [5.74, 6) is -3.54. The van der Waals surface area contributed by atoms with Crippen LogP contribution in [0, 0.1) is 17.6 Å². The largest absolute Gasteiger partial charge is 0.465 e. The summed E-state index contributed by atoms with van der Waals surface area (Å²) >= 11 is 0. The molecule has 2 aromatic heterocycles. The first-order valence-electron chi connectivity index (χ1n) is 8.08. The molecular weight excluding hydrogens is 411 g/mol. The first-order chi connectivity index (χ1) is 13.6. The number of hydrogen-bond acceptors (Lipinski definition) is 4. The Balaban J connectivity index is 2.20. The van der Waals surface area contributed by atoms with Crippen molar-refractivity contribution in [1.29, 1.82) is 0 Å². The molecule has 29 heavy (non-hydrogen) atoms. The van der Waals surface area contributed by atoms with E-state index in [0.29, 0.717) is 16.1 Å². The quantitative estimate of drug-likeness (QED) is 0.633. The Morgan fingerprint density at radius 3 is 2.52 bits per heavy atom. The van der Waals surface area contributed by atoms with E-state index >= 15 is 0 Å². The monoisotopic (exact) mass is 425 g/mol. The molecule has 3 aromatic rings. The third-order valence-electron chi connectivity index (χ3n) is 4.07. The fraction of sp³-hybridized carbons (Fsp3) is 0.111. The minimum atomic E-state index is -4.46. The third-order valence-corrected chi connectivity index (χ3v) is 5.74. The molecule has 1 aromatic carbocycles. The summed E-state index contributed by atoms with van der Waals surface area (Å²) in [6, 6.07) is 6.02. The highest BCUT2D eigenvalue weighted by Gasteiger charge is 2.25. The van der Waals surface area contributed by atoms with Crippen molar-refractivity contribution in [1.82, 2.24) is 13.9 Å². The van der Waals surface area contributed by atoms with E-state index in [0.717, 1.165) is 17.2 Å². The van der Waals surface area contributed by atoms with Crippen molar-refractivity contribution in [3.8, 4) is 11.3 Å². The van der Waals surface area contributed by atoms with E-state index in [2.05, 4.69) is 4.98 Å². The summed E-state index contributed by atoms with van der Waals surface area (Å²) in [6.07, 6.45) is 1.02.